The number of aldehydes is 1. The van der Waals surface area contributed by atoms with Crippen molar-refractivity contribution in [2.24, 2.45) is 0 Å². The van der Waals surface area contributed by atoms with E-state index < -0.39 is 0 Å². The lowest BCUT2D eigenvalue weighted by molar-refractivity contribution is 0.112. The lowest BCUT2D eigenvalue weighted by atomic mass is 10.2. The summed E-state index contributed by atoms with van der Waals surface area (Å²) in [6.07, 6.45) is 0.620. The first-order valence-corrected chi connectivity index (χ1v) is 4.98. The fourth-order valence-electron chi connectivity index (χ4n) is 1.10. The van der Waals surface area contributed by atoms with Gasteiger partial charge in [0, 0.05) is 17.4 Å². The summed E-state index contributed by atoms with van der Waals surface area (Å²) in [5.74, 6) is 0.0347. The molecule has 0 unspecified atom stereocenters. The van der Waals surface area contributed by atoms with Gasteiger partial charge >= 0.3 is 0 Å². The van der Waals surface area contributed by atoms with Crippen LogP contribution in [0.4, 0.5) is 11.4 Å². The highest BCUT2D eigenvalue weighted by atomic mass is 27.0. The average molecular weight is 257 g/mol. The van der Waals surface area contributed by atoms with Gasteiger partial charge in [-0.15, -0.1) is 0 Å². The number of benzene rings is 2. The molecule has 0 heterocycles. The van der Waals surface area contributed by atoms with Gasteiger partial charge in [0.15, 0.2) is 6.29 Å². The minimum atomic E-state index is 0. The Kier molecular flexibility index (Phi) is 7.29. The smallest absolute Gasteiger partial charge is 0.153 e. The molecule has 2 aromatic rings. The van der Waals surface area contributed by atoms with E-state index >= 15 is 0 Å². The van der Waals surface area contributed by atoms with Gasteiger partial charge in [-0.25, -0.2) is 0 Å². The Bertz CT molecular complexity index is 483. The molecule has 2 aromatic carbocycles. The molecular formula is C13H14AlN2O2. The van der Waals surface area contributed by atoms with E-state index in [4.69, 9.17) is 16.6 Å². The Morgan fingerprint density at radius 1 is 0.889 bits per heavy atom. The minimum Gasteiger partial charge on any atom is -0.507 e. The van der Waals surface area contributed by atoms with Gasteiger partial charge in [-0.05, 0) is 24.3 Å². The first-order chi connectivity index (χ1) is 8.15. The summed E-state index contributed by atoms with van der Waals surface area (Å²) in [5, 5.41) is 8.88. The van der Waals surface area contributed by atoms with E-state index in [1.807, 2.05) is 12.1 Å². The second-order valence-corrected chi connectivity index (χ2v) is 3.31. The predicted molar refractivity (Wildman–Crippen MR) is 74.5 cm³/mol. The van der Waals surface area contributed by atoms with Crippen molar-refractivity contribution < 1.29 is 9.90 Å². The van der Waals surface area contributed by atoms with Gasteiger partial charge in [-0.1, -0.05) is 24.3 Å². The van der Waals surface area contributed by atoms with Crippen LogP contribution < -0.4 is 11.5 Å². The van der Waals surface area contributed by atoms with Crippen LogP contribution in [-0.2, 0) is 0 Å². The van der Waals surface area contributed by atoms with Crippen molar-refractivity contribution in [1.82, 2.24) is 0 Å². The molecular weight excluding hydrogens is 243 g/mol. The van der Waals surface area contributed by atoms with Crippen molar-refractivity contribution in [3.63, 3.8) is 0 Å². The van der Waals surface area contributed by atoms with Crippen LogP contribution in [0.3, 0.4) is 0 Å². The second kappa shape index (κ2) is 8.18. The van der Waals surface area contributed by atoms with Gasteiger partial charge in [0.1, 0.15) is 5.75 Å². The summed E-state index contributed by atoms with van der Waals surface area (Å²) >= 11 is 0. The largest absolute Gasteiger partial charge is 0.507 e. The number of hydrogen-bond donors (Lipinski definition) is 3. The highest BCUT2D eigenvalue weighted by Gasteiger charge is 1.93. The van der Waals surface area contributed by atoms with E-state index in [2.05, 4.69) is 0 Å². The lowest BCUT2D eigenvalue weighted by Crippen LogP contribution is -1.91. The van der Waals surface area contributed by atoms with Crippen LogP contribution >= 0.6 is 0 Å². The number of phenols is 1. The third-order valence-corrected chi connectivity index (χ3v) is 2.06. The molecule has 91 valence electrons. The number of para-hydroxylation sites is 3. The lowest BCUT2D eigenvalue weighted by Gasteiger charge is -1.94. The molecule has 0 saturated carbocycles. The fraction of sp³-hybridized carbons (Fsp3) is 0. The van der Waals surface area contributed by atoms with Crippen molar-refractivity contribution in [1.29, 1.82) is 0 Å². The maximum Gasteiger partial charge on any atom is 0.153 e. The minimum absolute atomic E-state index is 0. The second-order valence-electron chi connectivity index (χ2n) is 3.31. The van der Waals surface area contributed by atoms with Crippen LogP contribution in [0.2, 0.25) is 0 Å². The van der Waals surface area contributed by atoms with Crippen molar-refractivity contribution in [2.45, 2.75) is 0 Å². The summed E-state index contributed by atoms with van der Waals surface area (Å²) < 4.78 is 0. The molecule has 0 aliphatic rings. The summed E-state index contributed by atoms with van der Waals surface area (Å²) in [6, 6.07) is 13.7. The van der Waals surface area contributed by atoms with Gasteiger partial charge in [-0.3, -0.25) is 4.79 Å². The monoisotopic (exact) mass is 257 g/mol. The number of rotatable bonds is 1. The Labute approximate surface area is 116 Å². The van der Waals surface area contributed by atoms with Crippen LogP contribution in [0.15, 0.2) is 48.5 Å². The quantitative estimate of drug-likeness (QED) is 0.412. The molecule has 0 aromatic heterocycles. The van der Waals surface area contributed by atoms with Crippen molar-refractivity contribution in [3.8, 4) is 5.75 Å². The van der Waals surface area contributed by atoms with Gasteiger partial charge in [0.25, 0.3) is 0 Å². The number of carbonyl (C=O) groups is 1. The molecule has 0 aliphatic heterocycles. The van der Waals surface area contributed by atoms with Crippen LogP contribution in [0.25, 0.3) is 0 Å². The third kappa shape index (κ3) is 4.92. The zero-order valence-corrected chi connectivity index (χ0v) is 10.9. The number of carbonyl (C=O) groups excluding carboxylic acids is 1. The SMILES string of the molecule is Nc1ccccc1N.O=Cc1ccccc1O.[Al]. The normalized spacial score (nSPS) is 8.44. The molecule has 4 nitrogen and oxygen atoms in total. The Morgan fingerprint density at radius 2 is 1.33 bits per heavy atom. The highest BCUT2D eigenvalue weighted by molar-refractivity contribution is 5.78. The first kappa shape index (κ1) is 16.0. The van der Waals surface area contributed by atoms with Crippen LogP contribution in [0, 0.1) is 0 Å². The zero-order valence-electron chi connectivity index (χ0n) is 9.78. The molecule has 0 amide bonds. The number of anilines is 2. The Morgan fingerprint density at radius 3 is 1.67 bits per heavy atom. The highest BCUT2D eigenvalue weighted by Crippen LogP contribution is 2.11. The Balaban J connectivity index is 0.000000306. The van der Waals surface area contributed by atoms with E-state index in [0.717, 1.165) is 0 Å². The molecule has 0 saturated heterocycles. The van der Waals surface area contributed by atoms with Crippen molar-refractivity contribution >= 4 is 35.0 Å². The van der Waals surface area contributed by atoms with Crippen LogP contribution in [0.1, 0.15) is 10.4 Å². The summed E-state index contributed by atoms with van der Waals surface area (Å²) in [4.78, 5) is 10.1. The molecule has 0 atom stereocenters. The number of aromatic hydroxyl groups is 1. The molecule has 0 bridgehead atoms. The molecule has 18 heavy (non-hydrogen) atoms. The third-order valence-electron chi connectivity index (χ3n) is 2.06. The average Bonchev–Trinajstić information content (AvgIpc) is 2.34. The maximum atomic E-state index is 10.1. The number of hydrogen-bond acceptors (Lipinski definition) is 4. The molecule has 5 heteroatoms. The van der Waals surface area contributed by atoms with Crippen LogP contribution in [-0.4, -0.2) is 28.8 Å². The van der Waals surface area contributed by atoms with Crippen molar-refractivity contribution in [2.75, 3.05) is 11.5 Å². The summed E-state index contributed by atoms with van der Waals surface area (Å²) in [6.45, 7) is 0. The van der Waals surface area contributed by atoms with E-state index in [9.17, 15) is 4.79 Å². The zero-order chi connectivity index (χ0) is 12.7. The fourth-order valence-corrected chi connectivity index (χ4v) is 1.10. The topological polar surface area (TPSA) is 89.3 Å². The van der Waals surface area contributed by atoms with Gasteiger partial charge in [-0.2, -0.15) is 0 Å². The predicted octanol–water partition coefficient (Wildman–Crippen LogP) is 1.67. The van der Waals surface area contributed by atoms with Gasteiger partial charge in [0.2, 0.25) is 0 Å². The van der Waals surface area contributed by atoms with Crippen LogP contribution in [0.5, 0.6) is 5.75 Å². The van der Waals surface area contributed by atoms with Gasteiger partial charge in [0.05, 0.1) is 16.9 Å². The van der Waals surface area contributed by atoms with Gasteiger partial charge < -0.3 is 16.6 Å². The molecule has 0 fully saturated rings. The number of phenolic OH excluding ortho intramolecular Hbond substituents is 1. The van der Waals surface area contributed by atoms with E-state index in [1.54, 1.807) is 30.3 Å². The van der Waals surface area contributed by atoms with E-state index in [-0.39, 0.29) is 23.1 Å². The van der Waals surface area contributed by atoms with Crippen molar-refractivity contribution in [3.05, 3.63) is 54.1 Å². The number of nitrogen functional groups attached to an aromatic ring is 2. The van der Waals surface area contributed by atoms with E-state index in [1.165, 1.54) is 6.07 Å². The molecule has 0 aliphatic carbocycles. The maximum absolute atomic E-state index is 10.1. The standard InChI is InChI=1S/C7H6O2.C6H8N2.Al/c8-5-6-3-1-2-4-7(6)9;7-5-3-1-2-4-6(5)8;/h1-5,9H;1-4H,7-8H2;. The molecule has 0 spiro atoms. The summed E-state index contributed by atoms with van der Waals surface area (Å²) in [7, 11) is 0. The molecule has 5 N–H and O–H groups in total. The number of nitrogens with two attached hydrogens (primary N) is 2. The first-order valence-electron chi connectivity index (χ1n) is 4.98. The molecule has 3 radical (unpaired) electrons. The summed E-state index contributed by atoms with van der Waals surface area (Å²) in [5.41, 5.74) is 12.4. The van der Waals surface area contributed by atoms with E-state index in [0.29, 0.717) is 23.2 Å². The molecule has 2 rings (SSSR count). The Hall–Kier alpha value is -1.96.